The van der Waals surface area contributed by atoms with Crippen LogP contribution in [0.3, 0.4) is 0 Å². The van der Waals surface area contributed by atoms with Gasteiger partial charge in [-0.15, -0.1) is 5.10 Å². The van der Waals surface area contributed by atoms with E-state index in [0.717, 1.165) is 60.8 Å². The summed E-state index contributed by atoms with van der Waals surface area (Å²) in [6, 6.07) is 8.76. The third-order valence-corrected chi connectivity index (χ3v) is 5.82. The molecule has 0 aliphatic heterocycles. The third kappa shape index (κ3) is 4.27. The molecule has 1 amide bonds. The van der Waals surface area contributed by atoms with E-state index in [9.17, 15) is 4.79 Å². The van der Waals surface area contributed by atoms with Gasteiger partial charge >= 0.3 is 0 Å². The van der Waals surface area contributed by atoms with Crippen LogP contribution in [0.1, 0.15) is 51.1 Å². The number of carbonyl (C=O) groups excluding carboxylic acids is 1. The predicted octanol–water partition coefficient (Wildman–Crippen LogP) is 3.59. The summed E-state index contributed by atoms with van der Waals surface area (Å²) in [7, 11) is 0. The highest BCUT2D eigenvalue weighted by Crippen LogP contribution is 2.32. The summed E-state index contributed by atoms with van der Waals surface area (Å²) in [5.74, 6) is 1.05. The summed E-state index contributed by atoms with van der Waals surface area (Å²) >= 11 is 0. The Labute approximate surface area is 166 Å². The molecule has 1 heterocycles. The number of anilines is 1. The zero-order valence-electron chi connectivity index (χ0n) is 16.8. The first-order valence-corrected chi connectivity index (χ1v) is 10.6. The summed E-state index contributed by atoms with van der Waals surface area (Å²) in [6.45, 7) is 4.80. The molecule has 0 radical (unpaired) electrons. The van der Waals surface area contributed by atoms with Crippen molar-refractivity contribution in [1.82, 2.24) is 15.5 Å². The Morgan fingerprint density at radius 2 is 1.93 bits per heavy atom. The van der Waals surface area contributed by atoms with E-state index >= 15 is 0 Å². The van der Waals surface area contributed by atoms with Crippen molar-refractivity contribution < 1.29 is 9.53 Å². The Balaban J connectivity index is 1.50. The Hall–Kier alpha value is -2.21. The van der Waals surface area contributed by atoms with E-state index in [2.05, 4.69) is 39.9 Å². The van der Waals surface area contributed by atoms with Crippen LogP contribution >= 0.6 is 0 Å². The van der Waals surface area contributed by atoms with Crippen LogP contribution in [0.5, 0.6) is 0 Å². The second kappa shape index (κ2) is 8.43. The number of hydrogen-bond acceptors (Lipinski definition) is 5. The van der Waals surface area contributed by atoms with Gasteiger partial charge in [-0.1, -0.05) is 31.2 Å². The predicted molar refractivity (Wildman–Crippen MR) is 110 cm³/mol. The Bertz CT molecular complexity index is 836. The number of benzene rings is 1. The Morgan fingerprint density at radius 3 is 2.68 bits per heavy atom. The van der Waals surface area contributed by atoms with Crippen LogP contribution in [0, 0.1) is 12.8 Å². The van der Waals surface area contributed by atoms with Crippen molar-refractivity contribution in [3.8, 4) is 0 Å². The van der Waals surface area contributed by atoms with Gasteiger partial charge in [-0.25, -0.2) is 0 Å². The lowest BCUT2D eigenvalue weighted by Crippen LogP contribution is -2.45. The van der Waals surface area contributed by atoms with Crippen molar-refractivity contribution in [3.63, 3.8) is 0 Å². The molecule has 2 saturated carbocycles. The Kier molecular flexibility index (Phi) is 5.76. The van der Waals surface area contributed by atoms with Gasteiger partial charge in [0.25, 0.3) is 0 Å². The molecule has 6 heteroatoms. The highest BCUT2D eigenvalue weighted by Gasteiger charge is 2.36. The SMILES string of the molecule is CCCO[C@H]1C[C@@H](C(=O)NC2CC2)CC[C@@H]1Nc1nnc(C)c2ccccc12. The molecule has 2 aliphatic carbocycles. The van der Waals surface area contributed by atoms with Crippen molar-refractivity contribution in [2.24, 2.45) is 5.92 Å². The molecule has 2 aliphatic rings. The van der Waals surface area contributed by atoms with Crippen LogP contribution in [0.25, 0.3) is 10.8 Å². The van der Waals surface area contributed by atoms with Crippen LogP contribution in [0.4, 0.5) is 5.82 Å². The minimum atomic E-state index is 0.00511. The van der Waals surface area contributed by atoms with Gasteiger partial charge < -0.3 is 15.4 Å². The molecule has 0 spiro atoms. The zero-order valence-corrected chi connectivity index (χ0v) is 16.8. The van der Waals surface area contributed by atoms with E-state index in [1.807, 2.05) is 19.1 Å². The van der Waals surface area contributed by atoms with E-state index in [0.29, 0.717) is 12.6 Å². The first-order valence-electron chi connectivity index (χ1n) is 10.6. The lowest BCUT2D eigenvalue weighted by molar-refractivity contribution is -0.128. The van der Waals surface area contributed by atoms with Crippen LogP contribution in [-0.2, 0) is 9.53 Å². The van der Waals surface area contributed by atoms with Gasteiger partial charge in [-0.2, -0.15) is 5.10 Å². The number of nitrogens with one attached hydrogen (secondary N) is 2. The molecule has 28 heavy (non-hydrogen) atoms. The molecule has 6 nitrogen and oxygen atoms in total. The smallest absolute Gasteiger partial charge is 0.223 e. The minimum absolute atomic E-state index is 0.00511. The van der Waals surface area contributed by atoms with E-state index in [1.165, 1.54) is 0 Å². The molecular weight excluding hydrogens is 352 g/mol. The van der Waals surface area contributed by atoms with Crippen molar-refractivity contribution >= 4 is 22.5 Å². The summed E-state index contributed by atoms with van der Waals surface area (Å²) in [6.07, 6.45) is 5.74. The van der Waals surface area contributed by atoms with Gasteiger partial charge in [0.2, 0.25) is 5.91 Å². The van der Waals surface area contributed by atoms with Gasteiger partial charge in [0.05, 0.1) is 17.8 Å². The highest BCUT2D eigenvalue weighted by molar-refractivity contribution is 5.93. The van der Waals surface area contributed by atoms with Gasteiger partial charge in [-0.3, -0.25) is 4.79 Å². The van der Waals surface area contributed by atoms with Crippen molar-refractivity contribution in [2.75, 3.05) is 11.9 Å². The minimum Gasteiger partial charge on any atom is -0.376 e. The lowest BCUT2D eigenvalue weighted by atomic mass is 9.83. The number of rotatable bonds is 7. The maximum atomic E-state index is 12.5. The first-order chi connectivity index (χ1) is 13.7. The van der Waals surface area contributed by atoms with Gasteiger partial charge in [0.15, 0.2) is 5.82 Å². The molecule has 0 saturated heterocycles. The Morgan fingerprint density at radius 1 is 1.14 bits per heavy atom. The number of aromatic nitrogens is 2. The molecule has 2 aromatic rings. The molecule has 0 unspecified atom stereocenters. The molecule has 2 fully saturated rings. The fourth-order valence-corrected chi connectivity index (χ4v) is 4.05. The average molecular weight is 383 g/mol. The molecule has 1 aromatic heterocycles. The van der Waals surface area contributed by atoms with Crippen molar-refractivity contribution in [2.45, 2.75) is 70.6 Å². The summed E-state index contributed by atoms with van der Waals surface area (Å²) in [5.41, 5.74) is 0.931. The molecule has 2 N–H and O–H groups in total. The summed E-state index contributed by atoms with van der Waals surface area (Å²) in [5, 5.41) is 17.7. The molecule has 0 bridgehead atoms. The molecule has 150 valence electrons. The molecule has 4 rings (SSSR count). The monoisotopic (exact) mass is 382 g/mol. The van der Waals surface area contributed by atoms with E-state index in [4.69, 9.17) is 4.74 Å². The fourth-order valence-electron chi connectivity index (χ4n) is 4.05. The normalized spacial score (nSPS) is 24.9. The zero-order chi connectivity index (χ0) is 19.5. The topological polar surface area (TPSA) is 76.1 Å². The molecule has 1 aromatic carbocycles. The van der Waals surface area contributed by atoms with Gasteiger partial charge in [0, 0.05) is 29.3 Å². The van der Waals surface area contributed by atoms with Gasteiger partial charge in [0.1, 0.15) is 0 Å². The largest absolute Gasteiger partial charge is 0.376 e. The van der Waals surface area contributed by atoms with Crippen LogP contribution < -0.4 is 10.6 Å². The van der Waals surface area contributed by atoms with Crippen molar-refractivity contribution in [1.29, 1.82) is 0 Å². The maximum absolute atomic E-state index is 12.5. The van der Waals surface area contributed by atoms with E-state index < -0.39 is 0 Å². The average Bonchev–Trinajstić information content (AvgIpc) is 3.53. The summed E-state index contributed by atoms with van der Waals surface area (Å²) in [4.78, 5) is 12.5. The fraction of sp³-hybridized carbons (Fsp3) is 0.591. The van der Waals surface area contributed by atoms with Crippen LogP contribution in [0.2, 0.25) is 0 Å². The third-order valence-electron chi connectivity index (χ3n) is 5.82. The number of hydrogen-bond donors (Lipinski definition) is 2. The highest BCUT2D eigenvalue weighted by atomic mass is 16.5. The number of amides is 1. The van der Waals surface area contributed by atoms with E-state index in [-0.39, 0.29) is 24.0 Å². The number of ether oxygens (including phenoxy) is 1. The quantitative estimate of drug-likeness (QED) is 0.765. The standard InChI is InChI=1S/C22H30N4O2/c1-3-12-28-20-13-15(22(27)23-16-9-10-16)8-11-19(20)24-21-18-7-5-4-6-17(18)14(2)25-26-21/h4-7,15-16,19-20H,3,8-13H2,1-2H3,(H,23,27)(H,24,26)/t15-,19-,20-/m0/s1. The molecule has 3 atom stereocenters. The van der Waals surface area contributed by atoms with Crippen LogP contribution in [-0.4, -0.2) is 40.9 Å². The summed E-state index contributed by atoms with van der Waals surface area (Å²) < 4.78 is 6.16. The van der Waals surface area contributed by atoms with Crippen LogP contribution in [0.15, 0.2) is 24.3 Å². The van der Waals surface area contributed by atoms with E-state index in [1.54, 1.807) is 0 Å². The number of aryl methyl sites for hydroxylation is 1. The second-order valence-electron chi connectivity index (χ2n) is 8.13. The number of fused-ring (bicyclic) bond motifs is 1. The lowest BCUT2D eigenvalue weighted by Gasteiger charge is -2.36. The molecular formula is C22H30N4O2. The second-order valence-corrected chi connectivity index (χ2v) is 8.13. The maximum Gasteiger partial charge on any atom is 0.223 e. The first kappa shape index (κ1) is 19.1. The number of carbonyl (C=O) groups is 1. The van der Waals surface area contributed by atoms with Crippen molar-refractivity contribution in [3.05, 3.63) is 30.0 Å². The van der Waals surface area contributed by atoms with Gasteiger partial charge in [-0.05, 0) is 45.4 Å². The number of nitrogens with zero attached hydrogens (tertiary/aromatic N) is 2.